The van der Waals surface area contributed by atoms with Crippen LogP contribution < -0.4 is 0 Å². The van der Waals surface area contributed by atoms with Gasteiger partial charge in [-0.1, -0.05) is 0 Å². The summed E-state index contributed by atoms with van der Waals surface area (Å²) in [5.41, 5.74) is 0.901. The minimum atomic E-state index is -0.907. The van der Waals surface area contributed by atoms with Crippen LogP contribution in [0.3, 0.4) is 0 Å². The second-order valence-corrected chi connectivity index (χ2v) is 4.70. The summed E-state index contributed by atoms with van der Waals surface area (Å²) in [7, 11) is 1.69. The molecule has 0 spiro atoms. The van der Waals surface area contributed by atoms with Crippen LogP contribution in [-0.2, 0) is 11.3 Å². The molecule has 0 aliphatic carbocycles. The first kappa shape index (κ1) is 15.1. The van der Waals surface area contributed by atoms with E-state index < -0.39 is 5.97 Å². The van der Waals surface area contributed by atoms with Gasteiger partial charge in [-0.25, -0.2) is 4.79 Å². The van der Waals surface area contributed by atoms with Crippen molar-refractivity contribution < 1.29 is 19.1 Å². The molecule has 0 aliphatic heterocycles. The predicted molar refractivity (Wildman–Crippen MR) is 69.7 cm³/mol. The molecule has 0 saturated heterocycles. The molecule has 6 heteroatoms. The molecular formula is C13H20N2O4. The zero-order chi connectivity index (χ0) is 14.4. The van der Waals surface area contributed by atoms with Gasteiger partial charge in [-0.05, 0) is 19.9 Å². The molecule has 0 fully saturated rings. The Morgan fingerprint density at radius 3 is 2.58 bits per heavy atom. The van der Waals surface area contributed by atoms with Crippen LogP contribution in [0.15, 0.2) is 23.0 Å². The van der Waals surface area contributed by atoms with Crippen molar-refractivity contribution in [2.24, 2.45) is 0 Å². The van der Waals surface area contributed by atoms with Gasteiger partial charge in [0.05, 0.1) is 25.5 Å². The van der Waals surface area contributed by atoms with Crippen molar-refractivity contribution >= 4 is 12.0 Å². The van der Waals surface area contributed by atoms with E-state index in [-0.39, 0.29) is 25.0 Å². The van der Waals surface area contributed by atoms with E-state index >= 15 is 0 Å². The second kappa shape index (κ2) is 6.82. The number of nitrogens with zero attached hydrogens (tertiary/aromatic N) is 2. The summed E-state index contributed by atoms with van der Waals surface area (Å²) in [5.74, 6) is -0.907. The number of rotatable bonds is 6. The molecule has 0 aromatic carbocycles. The third-order valence-electron chi connectivity index (χ3n) is 2.76. The summed E-state index contributed by atoms with van der Waals surface area (Å²) in [6.45, 7) is 4.38. The smallest absolute Gasteiger partial charge is 0.320 e. The SMILES string of the molecule is CC(C)N(CCC(=O)O)C(=O)N(C)Cc1ccoc1. The number of carbonyl (C=O) groups excluding carboxylic acids is 1. The lowest BCUT2D eigenvalue weighted by Gasteiger charge is -2.30. The van der Waals surface area contributed by atoms with E-state index in [1.807, 2.05) is 13.8 Å². The zero-order valence-electron chi connectivity index (χ0n) is 11.5. The molecule has 106 valence electrons. The molecule has 1 aromatic heterocycles. The van der Waals surface area contributed by atoms with E-state index in [1.54, 1.807) is 35.4 Å². The van der Waals surface area contributed by atoms with Crippen LogP contribution >= 0.6 is 0 Å². The molecule has 0 saturated carbocycles. The molecule has 0 radical (unpaired) electrons. The van der Waals surface area contributed by atoms with Gasteiger partial charge in [-0.15, -0.1) is 0 Å². The summed E-state index contributed by atoms with van der Waals surface area (Å²) >= 11 is 0. The fourth-order valence-corrected chi connectivity index (χ4v) is 1.73. The van der Waals surface area contributed by atoms with Gasteiger partial charge in [0, 0.05) is 25.2 Å². The number of carboxylic acids is 1. The molecule has 1 heterocycles. The van der Waals surface area contributed by atoms with Crippen molar-refractivity contribution in [1.29, 1.82) is 0 Å². The fourth-order valence-electron chi connectivity index (χ4n) is 1.73. The number of urea groups is 1. The van der Waals surface area contributed by atoms with Crippen LogP contribution in [0.1, 0.15) is 25.8 Å². The Hall–Kier alpha value is -1.98. The molecule has 1 rings (SSSR count). The van der Waals surface area contributed by atoms with Gasteiger partial charge in [-0.2, -0.15) is 0 Å². The lowest BCUT2D eigenvalue weighted by atomic mass is 10.3. The van der Waals surface area contributed by atoms with Crippen LogP contribution in [0.2, 0.25) is 0 Å². The van der Waals surface area contributed by atoms with E-state index in [2.05, 4.69) is 0 Å². The van der Waals surface area contributed by atoms with Crippen LogP contribution in [0.5, 0.6) is 0 Å². The van der Waals surface area contributed by atoms with Crippen LogP contribution in [0.4, 0.5) is 4.79 Å². The summed E-state index contributed by atoms with van der Waals surface area (Å²) in [6.07, 6.45) is 3.09. The highest BCUT2D eigenvalue weighted by Gasteiger charge is 2.21. The standard InChI is InChI=1S/C13H20N2O4/c1-10(2)15(6-4-12(16)17)13(18)14(3)8-11-5-7-19-9-11/h5,7,9-10H,4,6,8H2,1-3H3,(H,16,17). The largest absolute Gasteiger partial charge is 0.481 e. The number of aliphatic carboxylic acids is 1. The lowest BCUT2D eigenvalue weighted by molar-refractivity contribution is -0.137. The molecule has 2 amide bonds. The highest BCUT2D eigenvalue weighted by molar-refractivity contribution is 5.75. The van der Waals surface area contributed by atoms with Crippen molar-refractivity contribution in [3.63, 3.8) is 0 Å². The topological polar surface area (TPSA) is 74.0 Å². The Morgan fingerprint density at radius 2 is 2.11 bits per heavy atom. The zero-order valence-corrected chi connectivity index (χ0v) is 11.5. The maximum atomic E-state index is 12.3. The van der Waals surface area contributed by atoms with Gasteiger partial charge in [0.2, 0.25) is 0 Å². The lowest BCUT2D eigenvalue weighted by Crippen LogP contribution is -2.45. The molecule has 0 aliphatic rings. The minimum Gasteiger partial charge on any atom is -0.481 e. The number of amides is 2. The quantitative estimate of drug-likeness (QED) is 0.856. The first-order chi connectivity index (χ1) is 8.91. The van der Waals surface area contributed by atoms with Crippen molar-refractivity contribution in [1.82, 2.24) is 9.80 Å². The van der Waals surface area contributed by atoms with Gasteiger partial charge in [0.1, 0.15) is 0 Å². The number of carboxylic acid groups (broad SMARTS) is 1. The van der Waals surface area contributed by atoms with E-state index in [4.69, 9.17) is 9.52 Å². The van der Waals surface area contributed by atoms with Gasteiger partial charge in [-0.3, -0.25) is 4.79 Å². The summed E-state index contributed by atoms with van der Waals surface area (Å²) in [6, 6.07) is 1.57. The summed E-state index contributed by atoms with van der Waals surface area (Å²) < 4.78 is 4.95. The maximum Gasteiger partial charge on any atom is 0.320 e. The van der Waals surface area contributed by atoms with E-state index in [1.165, 1.54) is 0 Å². The highest BCUT2D eigenvalue weighted by Crippen LogP contribution is 2.09. The fraction of sp³-hybridized carbons (Fsp3) is 0.538. The first-order valence-corrected chi connectivity index (χ1v) is 6.16. The van der Waals surface area contributed by atoms with Crippen LogP contribution in [0, 0.1) is 0 Å². The van der Waals surface area contributed by atoms with E-state index in [9.17, 15) is 9.59 Å². The Balaban J connectivity index is 2.62. The Kier molecular flexibility index (Phi) is 5.41. The summed E-state index contributed by atoms with van der Waals surface area (Å²) in [4.78, 5) is 26.0. The number of furan rings is 1. The molecule has 6 nitrogen and oxygen atoms in total. The Bertz CT molecular complexity index is 414. The minimum absolute atomic E-state index is 0.0429. The first-order valence-electron chi connectivity index (χ1n) is 6.16. The summed E-state index contributed by atoms with van der Waals surface area (Å²) in [5, 5.41) is 8.71. The Labute approximate surface area is 112 Å². The number of carbonyl (C=O) groups is 2. The third kappa shape index (κ3) is 4.65. The van der Waals surface area contributed by atoms with Gasteiger partial charge in [0.25, 0.3) is 0 Å². The van der Waals surface area contributed by atoms with Crippen molar-refractivity contribution in [3.05, 3.63) is 24.2 Å². The number of hydrogen-bond acceptors (Lipinski definition) is 3. The molecule has 0 atom stereocenters. The van der Waals surface area contributed by atoms with Crippen molar-refractivity contribution in [3.8, 4) is 0 Å². The Morgan fingerprint density at radius 1 is 1.42 bits per heavy atom. The van der Waals surface area contributed by atoms with Crippen LogP contribution in [0.25, 0.3) is 0 Å². The molecule has 1 N–H and O–H groups in total. The predicted octanol–water partition coefficient (Wildman–Crippen LogP) is 2.02. The molecule has 1 aromatic rings. The van der Waals surface area contributed by atoms with Gasteiger partial charge >= 0.3 is 12.0 Å². The second-order valence-electron chi connectivity index (χ2n) is 4.70. The third-order valence-corrected chi connectivity index (χ3v) is 2.76. The number of hydrogen-bond donors (Lipinski definition) is 1. The van der Waals surface area contributed by atoms with Gasteiger partial charge in [0.15, 0.2) is 0 Å². The van der Waals surface area contributed by atoms with Crippen molar-refractivity contribution in [2.75, 3.05) is 13.6 Å². The average molecular weight is 268 g/mol. The molecule has 0 unspecified atom stereocenters. The van der Waals surface area contributed by atoms with Crippen molar-refractivity contribution in [2.45, 2.75) is 32.9 Å². The van der Waals surface area contributed by atoms with Crippen LogP contribution in [-0.4, -0.2) is 46.5 Å². The normalized spacial score (nSPS) is 10.5. The van der Waals surface area contributed by atoms with Gasteiger partial charge < -0.3 is 19.3 Å². The van der Waals surface area contributed by atoms with E-state index in [0.29, 0.717) is 6.54 Å². The molecule has 19 heavy (non-hydrogen) atoms. The monoisotopic (exact) mass is 268 g/mol. The average Bonchev–Trinajstić information content (AvgIpc) is 2.80. The van der Waals surface area contributed by atoms with E-state index in [0.717, 1.165) is 5.56 Å². The molecule has 0 bridgehead atoms. The molecular weight excluding hydrogens is 248 g/mol. The highest BCUT2D eigenvalue weighted by atomic mass is 16.4. The maximum absolute atomic E-state index is 12.3.